The average Bonchev–Trinajstić information content (AvgIpc) is 3.55. The zero-order valence-electron chi connectivity index (χ0n) is 54.6. The molecule has 0 aromatic heterocycles. The Morgan fingerprint density at radius 3 is 0.694 bits per heavy atom. The van der Waals surface area contributed by atoms with E-state index in [4.69, 9.17) is 37.0 Å². The molecule has 17 nitrogen and oxygen atoms in total. The van der Waals surface area contributed by atoms with Gasteiger partial charge in [-0.05, 0) is 25.7 Å². The summed E-state index contributed by atoms with van der Waals surface area (Å²) in [6.45, 7) is 4.80. The minimum absolute atomic E-state index is 0.104. The van der Waals surface area contributed by atoms with Crippen molar-refractivity contribution in [1.29, 1.82) is 0 Å². The summed E-state index contributed by atoms with van der Waals surface area (Å²) in [6.07, 6.45) is 47.8. The lowest BCUT2D eigenvalue weighted by Crippen LogP contribution is -2.30. The highest BCUT2D eigenvalue weighted by atomic mass is 31.2. The van der Waals surface area contributed by atoms with E-state index in [9.17, 15) is 43.2 Å². The first kappa shape index (κ1) is 83.1. The average molecular weight is 1260 g/mol. The van der Waals surface area contributed by atoms with E-state index in [1.165, 1.54) is 148 Å². The van der Waals surface area contributed by atoms with Crippen LogP contribution in [-0.4, -0.2) is 96.7 Å². The number of phosphoric acid groups is 2. The van der Waals surface area contributed by atoms with Gasteiger partial charge >= 0.3 is 39.5 Å². The molecule has 0 aliphatic heterocycles. The maximum Gasteiger partial charge on any atom is 0.472 e. The predicted molar refractivity (Wildman–Crippen MR) is 340 cm³/mol. The van der Waals surface area contributed by atoms with Gasteiger partial charge in [-0.1, -0.05) is 291 Å². The van der Waals surface area contributed by atoms with Crippen molar-refractivity contribution in [3.63, 3.8) is 0 Å². The lowest BCUT2D eigenvalue weighted by molar-refractivity contribution is -0.161. The molecule has 0 aromatic rings. The molecule has 0 radical (unpaired) electrons. The number of aliphatic hydroxyl groups excluding tert-OH is 1. The van der Waals surface area contributed by atoms with Crippen LogP contribution in [0.25, 0.3) is 0 Å². The second-order valence-corrected chi connectivity index (χ2v) is 26.8. The summed E-state index contributed by atoms with van der Waals surface area (Å²) in [6, 6.07) is 0. The lowest BCUT2D eigenvalue weighted by Gasteiger charge is -2.21. The van der Waals surface area contributed by atoms with E-state index in [1.807, 2.05) is 0 Å². The zero-order chi connectivity index (χ0) is 62.6. The maximum absolute atomic E-state index is 13.0. The highest BCUT2D eigenvalue weighted by molar-refractivity contribution is 7.47. The van der Waals surface area contributed by atoms with Crippen molar-refractivity contribution in [3.05, 3.63) is 0 Å². The maximum atomic E-state index is 13.0. The Labute approximate surface area is 517 Å². The molecule has 2 unspecified atom stereocenters. The third-order valence-corrected chi connectivity index (χ3v) is 17.3. The number of carbonyl (C=O) groups is 4. The fourth-order valence-electron chi connectivity index (χ4n) is 9.99. The second-order valence-electron chi connectivity index (χ2n) is 23.9. The molecule has 0 spiro atoms. The first-order valence-corrected chi connectivity index (χ1v) is 37.8. The smallest absolute Gasteiger partial charge is 0.462 e. The molecule has 0 heterocycles. The van der Waals surface area contributed by atoms with Crippen molar-refractivity contribution in [3.8, 4) is 0 Å². The van der Waals surface area contributed by atoms with E-state index >= 15 is 0 Å². The Kier molecular flexibility index (Phi) is 59.6. The van der Waals surface area contributed by atoms with Gasteiger partial charge in [-0.15, -0.1) is 0 Å². The minimum Gasteiger partial charge on any atom is -0.462 e. The van der Waals surface area contributed by atoms with Crippen molar-refractivity contribution in [1.82, 2.24) is 0 Å². The number of hydrogen-bond donors (Lipinski definition) is 3. The molecule has 0 fully saturated rings. The Balaban J connectivity index is 5.03. The predicted octanol–water partition coefficient (Wildman–Crippen LogP) is 18.7. The van der Waals surface area contributed by atoms with Gasteiger partial charge in [-0.25, -0.2) is 9.13 Å². The van der Waals surface area contributed by atoms with Gasteiger partial charge in [-0.3, -0.25) is 37.3 Å². The highest BCUT2D eigenvalue weighted by Crippen LogP contribution is 2.45. The first-order valence-electron chi connectivity index (χ1n) is 34.8. The van der Waals surface area contributed by atoms with E-state index in [0.717, 1.165) is 116 Å². The molecule has 85 heavy (non-hydrogen) atoms. The van der Waals surface area contributed by atoms with Crippen molar-refractivity contribution < 1.29 is 80.2 Å². The van der Waals surface area contributed by atoms with Gasteiger partial charge in [0.1, 0.15) is 19.3 Å². The quantitative estimate of drug-likeness (QED) is 0.0222. The lowest BCUT2D eigenvalue weighted by atomic mass is 10.0. The van der Waals surface area contributed by atoms with Crippen LogP contribution in [0, 0.1) is 0 Å². The first-order chi connectivity index (χ1) is 41.2. The van der Waals surface area contributed by atoms with Gasteiger partial charge in [0, 0.05) is 25.7 Å². The van der Waals surface area contributed by atoms with Gasteiger partial charge in [0.15, 0.2) is 12.2 Å². The molecular weight excluding hydrogens is 1130 g/mol. The van der Waals surface area contributed by atoms with Crippen LogP contribution in [0.2, 0.25) is 0 Å². The Morgan fingerprint density at radius 2 is 0.471 bits per heavy atom. The number of carbonyl (C=O) groups excluding carboxylic acids is 4. The van der Waals surface area contributed by atoms with Crippen LogP contribution in [0.15, 0.2) is 0 Å². The number of hydrogen-bond acceptors (Lipinski definition) is 15. The highest BCUT2D eigenvalue weighted by Gasteiger charge is 2.30. The van der Waals surface area contributed by atoms with E-state index in [-0.39, 0.29) is 25.7 Å². The molecule has 0 aromatic carbocycles. The van der Waals surface area contributed by atoms with Crippen LogP contribution in [0.5, 0.6) is 0 Å². The summed E-state index contributed by atoms with van der Waals surface area (Å²) in [5.74, 6) is -2.14. The fourth-order valence-corrected chi connectivity index (χ4v) is 11.6. The van der Waals surface area contributed by atoms with Gasteiger partial charge < -0.3 is 33.8 Å². The van der Waals surface area contributed by atoms with Crippen LogP contribution in [0.4, 0.5) is 0 Å². The molecule has 0 bridgehead atoms. The van der Waals surface area contributed by atoms with E-state index in [0.29, 0.717) is 25.7 Å². The van der Waals surface area contributed by atoms with Crippen LogP contribution >= 0.6 is 15.6 Å². The minimum atomic E-state index is -4.94. The molecule has 0 aliphatic carbocycles. The molecule has 3 N–H and O–H groups in total. The van der Waals surface area contributed by atoms with Crippen molar-refractivity contribution in [2.45, 2.75) is 361 Å². The second kappa shape index (κ2) is 60.9. The Bertz CT molecular complexity index is 1640. The molecule has 504 valence electrons. The zero-order valence-corrected chi connectivity index (χ0v) is 56.4. The van der Waals surface area contributed by atoms with E-state index < -0.39 is 97.5 Å². The van der Waals surface area contributed by atoms with Crippen LogP contribution in [-0.2, 0) is 65.4 Å². The van der Waals surface area contributed by atoms with Gasteiger partial charge in [0.25, 0.3) is 0 Å². The Morgan fingerprint density at radius 1 is 0.282 bits per heavy atom. The SMILES string of the molecule is CCCCCCCCCCCCCCCCCCCCCCCCC(=O)O[C@H](COC(=O)CCCCCCCCCCC)COP(=O)(O)OC[C@@H](O)COP(=O)(O)OC[C@@H](COC(=O)CCCCCCCCC)OC(=O)CCCCCCCCC. The summed E-state index contributed by atoms with van der Waals surface area (Å²) >= 11 is 0. The third kappa shape index (κ3) is 60.7. The molecule has 5 atom stereocenters. The number of rotatable bonds is 67. The topological polar surface area (TPSA) is 237 Å². The molecule has 0 amide bonds. The number of aliphatic hydroxyl groups is 1. The van der Waals surface area contributed by atoms with Crippen molar-refractivity contribution in [2.24, 2.45) is 0 Å². The van der Waals surface area contributed by atoms with Gasteiger partial charge in [0.05, 0.1) is 26.4 Å². The molecule has 0 saturated heterocycles. The largest absolute Gasteiger partial charge is 0.472 e. The Hall–Kier alpha value is -1.94. The number of esters is 4. The normalized spacial score (nSPS) is 14.1. The standard InChI is InChI=1S/C66H128O17P2/c1-5-9-13-17-21-23-24-25-26-27-28-29-30-31-32-33-34-35-37-41-45-49-53-66(71)83-62(57-77-64(69)51-47-43-40-36-22-18-14-10-6-2)59-81-85(74,75)79-55-60(67)54-78-84(72,73)80-58-61(82-65(70)52-48-44-39-20-16-12-8-4)56-76-63(68)50-46-42-38-19-15-11-7-3/h60-62,67H,5-59H2,1-4H3,(H,72,73)(H,74,75)/t60-,61+,62+/m0/s1. The fraction of sp³-hybridized carbons (Fsp3) is 0.939. The van der Waals surface area contributed by atoms with Crippen LogP contribution < -0.4 is 0 Å². The summed E-state index contributed by atoms with van der Waals surface area (Å²) in [7, 11) is -9.87. The van der Waals surface area contributed by atoms with E-state index in [2.05, 4.69) is 27.7 Å². The summed E-state index contributed by atoms with van der Waals surface area (Å²) in [5.41, 5.74) is 0. The summed E-state index contributed by atoms with van der Waals surface area (Å²) < 4.78 is 67.8. The molecule has 19 heteroatoms. The molecule has 0 rings (SSSR count). The molecular formula is C66H128O17P2. The molecule has 0 aliphatic rings. The van der Waals surface area contributed by atoms with Gasteiger partial charge in [-0.2, -0.15) is 0 Å². The van der Waals surface area contributed by atoms with Crippen LogP contribution in [0.3, 0.4) is 0 Å². The van der Waals surface area contributed by atoms with E-state index in [1.54, 1.807) is 0 Å². The van der Waals surface area contributed by atoms with Gasteiger partial charge in [0.2, 0.25) is 0 Å². The molecule has 0 saturated carbocycles. The number of ether oxygens (including phenoxy) is 4. The summed E-state index contributed by atoms with van der Waals surface area (Å²) in [4.78, 5) is 71.9. The number of phosphoric ester groups is 2. The van der Waals surface area contributed by atoms with Crippen LogP contribution in [0.1, 0.15) is 342 Å². The van der Waals surface area contributed by atoms with Crippen molar-refractivity contribution in [2.75, 3.05) is 39.6 Å². The van der Waals surface area contributed by atoms with Crippen molar-refractivity contribution >= 4 is 39.5 Å². The third-order valence-electron chi connectivity index (χ3n) is 15.4. The number of unbranched alkanes of at least 4 members (excludes halogenated alkanes) is 41. The summed E-state index contributed by atoms with van der Waals surface area (Å²) in [5, 5.41) is 10.5. The monoisotopic (exact) mass is 1250 g/mol.